The Kier molecular flexibility index (Phi) is 5.97. The van der Waals surface area contributed by atoms with Crippen LogP contribution in [0.5, 0.6) is 0 Å². The van der Waals surface area contributed by atoms with E-state index in [1.54, 1.807) is 22.9 Å². The minimum Gasteiger partial charge on any atom is -0.323 e. The highest BCUT2D eigenvalue weighted by molar-refractivity contribution is 8.00. The van der Waals surface area contributed by atoms with Crippen LogP contribution in [0.4, 0.5) is 5.69 Å². The fourth-order valence-electron chi connectivity index (χ4n) is 2.61. The third kappa shape index (κ3) is 4.16. The van der Waals surface area contributed by atoms with Gasteiger partial charge in [0.15, 0.2) is 0 Å². The molecular formula is C19H17ClN6OS. The third-order valence-electron chi connectivity index (χ3n) is 4.31. The van der Waals surface area contributed by atoms with Gasteiger partial charge in [-0.1, -0.05) is 23.4 Å². The molecule has 0 aliphatic carbocycles. The van der Waals surface area contributed by atoms with Crippen molar-refractivity contribution >= 4 is 35.0 Å². The minimum absolute atomic E-state index is 0.104. The van der Waals surface area contributed by atoms with Crippen molar-refractivity contribution in [2.24, 2.45) is 0 Å². The van der Waals surface area contributed by atoms with Gasteiger partial charge in [-0.05, 0) is 50.1 Å². The predicted molar refractivity (Wildman–Crippen MR) is 109 cm³/mol. The molecule has 28 heavy (non-hydrogen) atoms. The molecule has 0 saturated heterocycles. The molecular weight excluding hydrogens is 396 g/mol. The first kappa shape index (κ1) is 19.9. The van der Waals surface area contributed by atoms with Gasteiger partial charge in [0.05, 0.1) is 22.7 Å². The standard InChI is InChI=1S/C19H17ClN6OS/c1-11-12(2)15(7-21)19(24-13(11)3)28-8-18(27)25-16-6-14(20)4-5-17(16)26-10-22-9-23-26/h4-6,9-10H,8H2,1-3H3,(H,25,27). The average Bonchev–Trinajstić information content (AvgIpc) is 3.19. The van der Waals surface area contributed by atoms with Crippen LogP contribution in [0.1, 0.15) is 22.4 Å². The zero-order valence-corrected chi connectivity index (χ0v) is 17.1. The van der Waals surface area contributed by atoms with Crippen LogP contribution in [0.2, 0.25) is 5.02 Å². The smallest absolute Gasteiger partial charge is 0.234 e. The van der Waals surface area contributed by atoms with E-state index < -0.39 is 0 Å². The van der Waals surface area contributed by atoms with Crippen molar-refractivity contribution in [1.29, 1.82) is 5.26 Å². The van der Waals surface area contributed by atoms with Crippen molar-refractivity contribution in [1.82, 2.24) is 19.7 Å². The van der Waals surface area contributed by atoms with Crippen LogP contribution in [0, 0.1) is 32.1 Å². The molecule has 0 atom stereocenters. The lowest BCUT2D eigenvalue weighted by molar-refractivity contribution is -0.113. The number of anilines is 1. The number of rotatable bonds is 5. The number of amides is 1. The normalized spacial score (nSPS) is 10.5. The lowest BCUT2D eigenvalue weighted by Gasteiger charge is -2.13. The Balaban J connectivity index is 1.78. The highest BCUT2D eigenvalue weighted by Gasteiger charge is 2.15. The van der Waals surface area contributed by atoms with Crippen LogP contribution in [-0.2, 0) is 4.79 Å². The molecule has 2 heterocycles. The van der Waals surface area contributed by atoms with Crippen molar-refractivity contribution in [3.05, 3.63) is 58.3 Å². The highest BCUT2D eigenvalue weighted by atomic mass is 35.5. The van der Waals surface area contributed by atoms with Gasteiger partial charge in [0.1, 0.15) is 23.7 Å². The van der Waals surface area contributed by atoms with E-state index >= 15 is 0 Å². The lowest BCUT2D eigenvalue weighted by atomic mass is 10.1. The number of aryl methyl sites for hydroxylation is 1. The van der Waals surface area contributed by atoms with Gasteiger partial charge in [0.25, 0.3) is 0 Å². The third-order valence-corrected chi connectivity index (χ3v) is 5.52. The van der Waals surface area contributed by atoms with Crippen molar-refractivity contribution in [3.8, 4) is 11.8 Å². The van der Waals surface area contributed by atoms with Crippen LogP contribution in [0.15, 0.2) is 35.9 Å². The molecule has 1 aromatic carbocycles. The second kappa shape index (κ2) is 8.42. The van der Waals surface area contributed by atoms with Gasteiger partial charge >= 0.3 is 0 Å². The summed E-state index contributed by atoms with van der Waals surface area (Å²) < 4.78 is 1.54. The first-order chi connectivity index (χ1) is 13.4. The van der Waals surface area contributed by atoms with Gasteiger partial charge in [-0.25, -0.2) is 14.6 Å². The number of halogens is 1. The second-order valence-electron chi connectivity index (χ2n) is 6.08. The van der Waals surface area contributed by atoms with Gasteiger partial charge < -0.3 is 5.32 Å². The van der Waals surface area contributed by atoms with Gasteiger partial charge in [-0.15, -0.1) is 0 Å². The summed E-state index contributed by atoms with van der Waals surface area (Å²) in [5.74, 6) is -0.136. The van der Waals surface area contributed by atoms with Gasteiger partial charge in [0.2, 0.25) is 5.91 Å². The molecule has 7 nitrogen and oxygen atoms in total. The molecule has 0 aliphatic rings. The number of aromatic nitrogens is 4. The summed E-state index contributed by atoms with van der Waals surface area (Å²) in [5.41, 5.74) is 4.41. The van der Waals surface area contributed by atoms with Gasteiger partial charge in [-0.2, -0.15) is 10.4 Å². The summed E-state index contributed by atoms with van der Waals surface area (Å²) in [5, 5.41) is 17.4. The molecule has 0 saturated carbocycles. The van der Waals surface area contributed by atoms with Crippen molar-refractivity contribution < 1.29 is 4.79 Å². The Morgan fingerprint density at radius 2 is 2.11 bits per heavy atom. The van der Waals surface area contributed by atoms with Crippen LogP contribution in [0.25, 0.3) is 5.69 Å². The Morgan fingerprint density at radius 3 is 2.79 bits per heavy atom. The summed E-state index contributed by atoms with van der Waals surface area (Å²) >= 11 is 7.31. The molecule has 142 valence electrons. The number of carbonyl (C=O) groups excluding carboxylic acids is 1. The highest BCUT2D eigenvalue weighted by Crippen LogP contribution is 2.28. The van der Waals surface area contributed by atoms with E-state index in [2.05, 4.69) is 26.5 Å². The van der Waals surface area contributed by atoms with E-state index in [1.165, 1.54) is 24.4 Å². The Bertz CT molecular complexity index is 1080. The van der Waals surface area contributed by atoms with Gasteiger partial charge in [0, 0.05) is 10.7 Å². The van der Waals surface area contributed by atoms with Crippen molar-refractivity contribution in [3.63, 3.8) is 0 Å². The monoisotopic (exact) mass is 412 g/mol. The number of thioether (sulfide) groups is 1. The summed E-state index contributed by atoms with van der Waals surface area (Å²) in [7, 11) is 0. The Labute approximate surface area is 171 Å². The maximum absolute atomic E-state index is 12.5. The number of nitrogens with one attached hydrogen (secondary N) is 1. The fraction of sp³-hybridized carbons (Fsp3) is 0.211. The maximum Gasteiger partial charge on any atom is 0.234 e. The number of hydrogen-bond acceptors (Lipinski definition) is 6. The molecule has 0 radical (unpaired) electrons. The van der Waals surface area contributed by atoms with Gasteiger partial charge in [-0.3, -0.25) is 4.79 Å². The molecule has 1 amide bonds. The van der Waals surface area contributed by atoms with E-state index in [0.29, 0.717) is 27.0 Å². The summed E-state index contributed by atoms with van der Waals surface area (Å²) in [6, 6.07) is 7.31. The zero-order valence-electron chi connectivity index (χ0n) is 15.5. The number of nitrogens with zero attached hydrogens (tertiary/aromatic N) is 5. The quantitative estimate of drug-likeness (QED) is 0.639. The predicted octanol–water partition coefficient (Wildman–Crippen LogP) is 3.84. The molecule has 0 bridgehead atoms. The van der Waals surface area contributed by atoms with Crippen LogP contribution in [0.3, 0.4) is 0 Å². The molecule has 0 unspecified atom stereocenters. The number of pyridine rings is 1. The first-order valence-corrected chi connectivity index (χ1v) is 9.72. The summed E-state index contributed by atoms with van der Waals surface area (Å²) in [6.45, 7) is 5.72. The summed E-state index contributed by atoms with van der Waals surface area (Å²) in [4.78, 5) is 20.9. The largest absolute Gasteiger partial charge is 0.323 e. The number of nitriles is 1. The molecule has 3 rings (SSSR count). The molecule has 0 spiro atoms. The molecule has 9 heteroatoms. The second-order valence-corrected chi connectivity index (χ2v) is 7.48. The topological polar surface area (TPSA) is 96.5 Å². The SMILES string of the molecule is Cc1nc(SCC(=O)Nc2cc(Cl)ccc2-n2cncn2)c(C#N)c(C)c1C. The fourth-order valence-corrected chi connectivity index (χ4v) is 3.67. The van der Waals surface area contributed by atoms with E-state index in [1.807, 2.05) is 20.8 Å². The Hall–Kier alpha value is -2.89. The molecule has 0 fully saturated rings. The number of carbonyl (C=O) groups is 1. The molecule has 2 aromatic heterocycles. The minimum atomic E-state index is -0.241. The number of benzene rings is 1. The maximum atomic E-state index is 12.5. The average molecular weight is 413 g/mol. The van der Waals surface area contributed by atoms with E-state index in [0.717, 1.165) is 16.8 Å². The van der Waals surface area contributed by atoms with Crippen LogP contribution in [-0.4, -0.2) is 31.4 Å². The van der Waals surface area contributed by atoms with Crippen molar-refractivity contribution in [2.45, 2.75) is 25.8 Å². The molecule has 1 N–H and O–H groups in total. The Morgan fingerprint density at radius 1 is 1.32 bits per heavy atom. The van der Waals surface area contributed by atoms with E-state index in [4.69, 9.17) is 11.6 Å². The molecule has 0 aliphatic heterocycles. The molecule has 3 aromatic rings. The van der Waals surface area contributed by atoms with Crippen LogP contribution < -0.4 is 5.32 Å². The first-order valence-electron chi connectivity index (χ1n) is 8.35. The zero-order chi connectivity index (χ0) is 20.3. The van der Waals surface area contributed by atoms with E-state index in [-0.39, 0.29) is 11.7 Å². The number of hydrogen-bond donors (Lipinski definition) is 1. The van der Waals surface area contributed by atoms with Crippen LogP contribution >= 0.6 is 23.4 Å². The van der Waals surface area contributed by atoms with E-state index in [9.17, 15) is 10.1 Å². The lowest BCUT2D eigenvalue weighted by Crippen LogP contribution is -2.16. The van der Waals surface area contributed by atoms with Crippen molar-refractivity contribution in [2.75, 3.05) is 11.1 Å². The summed E-state index contributed by atoms with van der Waals surface area (Å²) in [6.07, 6.45) is 2.95.